The molecule has 2 N–H and O–H groups in total. The summed E-state index contributed by atoms with van der Waals surface area (Å²) in [5.74, 6) is 0.688. The van der Waals surface area contributed by atoms with Crippen molar-refractivity contribution in [2.45, 2.75) is 31.7 Å². The Labute approximate surface area is 116 Å². The van der Waals surface area contributed by atoms with Crippen LogP contribution in [0.3, 0.4) is 0 Å². The summed E-state index contributed by atoms with van der Waals surface area (Å²) >= 11 is 0. The highest BCUT2D eigenvalue weighted by Crippen LogP contribution is 2.26. The quantitative estimate of drug-likeness (QED) is 0.787. The van der Waals surface area contributed by atoms with E-state index in [1.54, 1.807) is 0 Å². The van der Waals surface area contributed by atoms with Crippen molar-refractivity contribution >= 4 is 0 Å². The lowest BCUT2D eigenvalue weighted by Crippen LogP contribution is -2.36. The van der Waals surface area contributed by atoms with Crippen LogP contribution in [0.15, 0.2) is 30.3 Å². The number of nitrogens with zero attached hydrogens (tertiary/aromatic N) is 1. The fourth-order valence-corrected chi connectivity index (χ4v) is 2.92. The van der Waals surface area contributed by atoms with Gasteiger partial charge in [-0.15, -0.1) is 0 Å². The van der Waals surface area contributed by atoms with Crippen LogP contribution in [0.1, 0.15) is 31.2 Å². The van der Waals surface area contributed by atoms with Gasteiger partial charge in [-0.05, 0) is 44.0 Å². The largest absolute Gasteiger partial charge is 0.395 e. The number of rotatable bonds is 7. The van der Waals surface area contributed by atoms with Gasteiger partial charge in [0, 0.05) is 12.6 Å². The van der Waals surface area contributed by atoms with Gasteiger partial charge in [-0.2, -0.15) is 0 Å². The van der Waals surface area contributed by atoms with E-state index >= 15 is 0 Å². The summed E-state index contributed by atoms with van der Waals surface area (Å²) in [6.07, 6.45) is 2.29. The van der Waals surface area contributed by atoms with Crippen molar-refractivity contribution in [2.24, 2.45) is 0 Å². The van der Waals surface area contributed by atoms with Crippen molar-refractivity contribution in [3.63, 3.8) is 0 Å². The Morgan fingerprint density at radius 3 is 2.84 bits per heavy atom. The van der Waals surface area contributed by atoms with E-state index in [0.29, 0.717) is 5.92 Å². The summed E-state index contributed by atoms with van der Waals surface area (Å²) in [6, 6.07) is 11.1. The van der Waals surface area contributed by atoms with E-state index in [1.165, 1.54) is 18.5 Å². The molecule has 2 rings (SSSR count). The number of aliphatic hydroxyl groups is 1. The van der Waals surface area contributed by atoms with E-state index < -0.39 is 0 Å². The van der Waals surface area contributed by atoms with Crippen LogP contribution in [-0.2, 0) is 0 Å². The third-order valence-corrected chi connectivity index (χ3v) is 4.05. The van der Waals surface area contributed by atoms with Gasteiger partial charge in [0.25, 0.3) is 0 Å². The van der Waals surface area contributed by atoms with Gasteiger partial charge in [0.15, 0.2) is 0 Å². The van der Waals surface area contributed by atoms with E-state index in [9.17, 15) is 5.11 Å². The Morgan fingerprint density at radius 1 is 1.37 bits per heavy atom. The topological polar surface area (TPSA) is 35.5 Å². The van der Waals surface area contributed by atoms with Crippen LogP contribution in [0.5, 0.6) is 0 Å². The van der Waals surface area contributed by atoms with Crippen LogP contribution < -0.4 is 5.32 Å². The first-order valence-corrected chi connectivity index (χ1v) is 7.45. The molecule has 1 fully saturated rings. The molecule has 1 aliphatic heterocycles. The lowest BCUT2D eigenvalue weighted by molar-refractivity contribution is 0.218. The Morgan fingerprint density at radius 2 is 2.16 bits per heavy atom. The van der Waals surface area contributed by atoms with E-state index in [2.05, 4.69) is 47.5 Å². The molecule has 2 unspecified atom stereocenters. The predicted octanol–water partition coefficient (Wildman–Crippen LogP) is 1.84. The number of nitrogens with one attached hydrogen (secondary N) is 1. The molecule has 2 atom stereocenters. The minimum absolute atomic E-state index is 0.240. The number of likely N-dealkylation sites (N-methyl/N-ethyl adjacent to an activating group) is 1. The van der Waals surface area contributed by atoms with Gasteiger partial charge in [-0.25, -0.2) is 0 Å². The molecule has 1 aromatic carbocycles. The highest BCUT2D eigenvalue weighted by Gasteiger charge is 2.23. The Kier molecular flexibility index (Phi) is 5.83. The Bertz CT molecular complexity index is 355. The van der Waals surface area contributed by atoms with Gasteiger partial charge in [0.05, 0.1) is 6.61 Å². The van der Waals surface area contributed by atoms with Gasteiger partial charge >= 0.3 is 0 Å². The van der Waals surface area contributed by atoms with Crippen LogP contribution in [0, 0.1) is 0 Å². The van der Waals surface area contributed by atoms with E-state index in [4.69, 9.17) is 0 Å². The molecule has 106 valence electrons. The lowest BCUT2D eigenvalue weighted by atomic mass is 9.99. The molecule has 0 radical (unpaired) electrons. The second kappa shape index (κ2) is 7.63. The molecule has 0 bridgehead atoms. The van der Waals surface area contributed by atoms with Crippen molar-refractivity contribution in [1.29, 1.82) is 0 Å². The van der Waals surface area contributed by atoms with Gasteiger partial charge < -0.3 is 15.3 Å². The van der Waals surface area contributed by atoms with E-state index in [0.717, 1.165) is 26.1 Å². The normalized spacial score (nSPS) is 21.7. The van der Waals surface area contributed by atoms with Gasteiger partial charge in [-0.3, -0.25) is 0 Å². The van der Waals surface area contributed by atoms with E-state index in [-0.39, 0.29) is 12.6 Å². The maximum Gasteiger partial charge on any atom is 0.0585 e. The third kappa shape index (κ3) is 4.30. The van der Waals surface area contributed by atoms with Crippen molar-refractivity contribution in [2.75, 3.05) is 32.8 Å². The molecular weight excluding hydrogens is 236 g/mol. The summed E-state index contributed by atoms with van der Waals surface area (Å²) in [5.41, 5.74) is 1.47. The molecule has 1 aliphatic rings. The molecule has 1 aromatic rings. The molecule has 0 spiro atoms. The summed E-state index contributed by atoms with van der Waals surface area (Å²) < 4.78 is 0. The zero-order valence-corrected chi connectivity index (χ0v) is 11.9. The number of hydrogen-bond donors (Lipinski definition) is 2. The maximum absolute atomic E-state index is 9.28. The summed E-state index contributed by atoms with van der Waals surface area (Å²) in [6.45, 7) is 6.69. The van der Waals surface area contributed by atoms with Gasteiger partial charge in [0.2, 0.25) is 0 Å². The summed E-state index contributed by atoms with van der Waals surface area (Å²) in [5, 5.41) is 12.6. The third-order valence-electron chi connectivity index (χ3n) is 4.05. The van der Waals surface area contributed by atoms with Crippen LogP contribution in [0.4, 0.5) is 0 Å². The smallest absolute Gasteiger partial charge is 0.0585 e. The van der Waals surface area contributed by atoms with Gasteiger partial charge in [0.1, 0.15) is 0 Å². The number of aliphatic hydroxyl groups excluding tert-OH is 1. The van der Waals surface area contributed by atoms with Crippen molar-refractivity contribution < 1.29 is 5.11 Å². The Balaban J connectivity index is 1.76. The van der Waals surface area contributed by atoms with Crippen molar-refractivity contribution in [1.82, 2.24) is 10.2 Å². The number of likely N-dealkylation sites (tertiary alicyclic amines) is 1. The minimum Gasteiger partial charge on any atom is -0.395 e. The molecule has 3 heteroatoms. The van der Waals surface area contributed by atoms with Crippen molar-refractivity contribution in [3.05, 3.63) is 35.9 Å². The van der Waals surface area contributed by atoms with Crippen molar-refractivity contribution in [3.8, 4) is 0 Å². The fourth-order valence-electron chi connectivity index (χ4n) is 2.92. The average molecular weight is 262 g/mol. The molecule has 0 saturated carbocycles. The number of benzene rings is 1. The van der Waals surface area contributed by atoms with Crippen LogP contribution >= 0.6 is 0 Å². The predicted molar refractivity (Wildman–Crippen MR) is 79.4 cm³/mol. The minimum atomic E-state index is 0.240. The first-order valence-electron chi connectivity index (χ1n) is 7.45. The molecule has 0 aliphatic carbocycles. The molecule has 1 heterocycles. The SMILES string of the molecule is CCNC(CO)CCN1CCC(c2ccccc2)C1. The molecule has 1 saturated heterocycles. The van der Waals surface area contributed by atoms with Gasteiger partial charge in [-0.1, -0.05) is 37.3 Å². The fraction of sp³-hybridized carbons (Fsp3) is 0.625. The summed E-state index contributed by atoms with van der Waals surface area (Å²) in [7, 11) is 0. The highest BCUT2D eigenvalue weighted by molar-refractivity contribution is 5.20. The molecule has 0 amide bonds. The Hall–Kier alpha value is -0.900. The molecule has 3 nitrogen and oxygen atoms in total. The van der Waals surface area contributed by atoms with Crippen LogP contribution in [0.25, 0.3) is 0 Å². The monoisotopic (exact) mass is 262 g/mol. The standard InChI is InChI=1S/C16H26N2O/c1-2-17-16(13-19)9-11-18-10-8-15(12-18)14-6-4-3-5-7-14/h3-7,15-17,19H,2,8-13H2,1H3. The second-order valence-electron chi connectivity index (χ2n) is 5.42. The molecule has 19 heavy (non-hydrogen) atoms. The number of hydrogen-bond acceptors (Lipinski definition) is 3. The highest BCUT2D eigenvalue weighted by atomic mass is 16.3. The first kappa shape index (κ1) is 14.5. The maximum atomic E-state index is 9.28. The zero-order valence-electron chi connectivity index (χ0n) is 11.9. The first-order chi connectivity index (χ1) is 9.33. The summed E-state index contributed by atoms with van der Waals surface area (Å²) in [4.78, 5) is 2.53. The lowest BCUT2D eigenvalue weighted by Gasteiger charge is -2.20. The second-order valence-corrected chi connectivity index (χ2v) is 5.42. The zero-order chi connectivity index (χ0) is 13.5. The van der Waals surface area contributed by atoms with Crippen LogP contribution in [0.2, 0.25) is 0 Å². The molecule has 0 aromatic heterocycles. The average Bonchev–Trinajstić information content (AvgIpc) is 2.93. The van der Waals surface area contributed by atoms with E-state index in [1.807, 2.05) is 0 Å². The van der Waals surface area contributed by atoms with Crippen LogP contribution in [-0.4, -0.2) is 48.8 Å². The molecular formula is C16H26N2O.